The fraction of sp³-hybridized carbons (Fsp3) is 0.0952. The zero-order chi connectivity index (χ0) is 21.7. The van der Waals surface area contributed by atoms with E-state index in [9.17, 15) is 4.79 Å². The van der Waals surface area contributed by atoms with Crippen LogP contribution < -0.4 is 17.0 Å². The molecule has 0 fully saturated rings. The number of nitrogens with zero attached hydrogens (tertiary/aromatic N) is 5. The molecule has 0 unspecified atom stereocenters. The summed E-state index contributed by atoms with van der Waals surface area (Å²) in [6.45, 7) is 1.98. The van der Waals surface area contributed by atoms with E-state index in [0.717, 1.165) is 11.5 Å². The Bertz CT molecular complexity index is 1280. The van der Waals surface area contributed by atoms with Gasteiger partial charge in [-0.2, -0.15) is 5.26 Å². The molecule has 0 spiro atoms. The van der Waals surface area contributed by atoms with Crippen molar-refractivity contribution in [3.63, 3.8) is 0 Å². The van der Waals surface area contributed by atoms with Crippen molar-refractivity contribution in [2.45, 2.75) is 13.3 Å². The number of rotatable bonds is 2. The van der Waals surface area contributed by atoms with Crippen LogP contribution in [0.4, 0.5) is 11.6 Å². The molecule has 2 aromatic heterocycles. The maximum absolute atomic E-state index is 12.8. The number of fused-ring (bicyclic) bond motifs is 1. The summed E-state index contributed by atoms with van der Waals surface area (Å²) >= 11 is 6.16. The van der Waals surface area contributed by atoms with Gasteiger partial charge < -0.3 is 11.5 Å². The molecule has 4 N–H and O–H groups in total. The zero-order valence-electron chi connectivity index (χ0n) is 16.1. The number of nitrogens with two attached hydrogens (primary N) is 2. The molecule has 0 aliphatic rings. The van der Waals surface area contributed by atoms with Crippen LogP contribution in [-0.4, -0.2) is 19.5 Å². The Labute approximate surface area is 177 Å². The second kappa shape index (κ2) is 9.03. The Morgan fingerprint density at radius 1 is 1.07 bits per heavy atom. The minimum absolute atomic E-state index is 0.120. The van der Waals surface area contributed by atoms with E-state index in [-0.39, 0.29) is 22.8 Å². The molecule has 0 radical (unpaired) electrons. The quantitative estimate of drug-likeness (QED) is 0.509. The van der Waals surface area contributed by atoms with Gasteiger partial charge in [0.25, 0.3) is 5.56 Å². The van der Waals surface area contributed by atoms with E-state index in [1.165, 1.54) is 6.33 Å². The highest BCUT2D eigenvalue weighted by Gasteiger charge is 2.13. The molecule has 4 rings (SSSR count). The van der Waals surface area contributed by atoms with E-state index in [4.69, 9.17) is 28.3 Å². The molecule has 30 heavy (non-hydrogen) atoms. The number of benzene rings is 2. The number of para-hydroxylation sites is 1. The van der Waals surface area contributed by atoms with Crippen LogP contribution in [0.25, 0.3) is 16.6 Å². The summed E-state index contributed by atoms with van der Waals surface area (Å²) in [7, 11) is 0. The van der Waals surface area contributed by atoms with Crippen LogP contribution in [0.15, 0.2) is 59.7 Å². The lowest BCUT2D eigenvalue weighted by atomic mass is 10.2. The fourth-order valence-corrected chi connectivity index (χ4v) is 3.09. The van der Waals surface area contributed by atoms with Crippen LogP contribution in [-0.2, 0) is 6.42 Å². The summed E-state index contributed by atoms with van der Waals surface area (Å²) < 4.78 is 1.63. The SMILES string of the molecule is CCc1nc2cccc(Cl)c2c(=O)n1-c1ccccc1.N#Cc1c(N)ncnc1N. The summed E-state index contributed by atoms with van der Waals surface area (Å²) in [5, 5.41) is 9.31. The first-order valence-corrected chi connectivity index (χ1v) is 9.37. The molecule has 0 saturated carbocycles. The van der Waals surface area contributed by atoms with E-state index < -0.39 is 0 Å². The number of nitriles is 1. The van der Waals surface area contributed by atoms with Crippen molar-refractivity contribution in [1.29, 1.82) is 5.26 Å². The van der Waals surface area contributed by atoms with E-state index in [0.29, 0.717) is 22.3 Å². The number of hydrogen-bond donors (Lipinski definition) is 2. The molecule has 0 atom stereocenters. The normalized spacial score (nSPS) is 10.2. The van der Waals surface area contributed by atoms with E-state index >= 15 is 0 Å². The number of nitrogen functional groups attached to an aromatic ring is 2. The molecule has 8 nitrogen and oxygen atoms in total. The molecule has 0 aliphatic carbocycles. The van der Waals surface area contributed by atoms with Crippen molar-refractivity contribution < 1.29 is 0 Å². The predicted molar refractivity (Wildman–Crippen MR) is 117 cm³/mol. The van der Waals surface area contributed by atoms with Crippen molar-refractivity contribution in [2.24, 2.45) is 0 Å². The molecule has 2 heterocycles. The number of hydrogen-bond acceptors (Lipinski definition) is 7. The summed E-state index contributed by atoms with van der Waals surface area (Å²) in [6.07, 6.45) is 1.89. The zero-order valence-corrected chi connectivity index (χ0v) is 16.8. The number of anilines is 2. The first kappa shape index (κ1) is 20.8. The van der Waals surface area contributed by atoms with Crippen molar-refractivity contribution >= 4 is 34.1 Å². The van der Waals surface area contributed by atoms with Gasteiger partial charge in [0, 0.05) is 6.42 Å². The second-order valence-electron chi connectivity index (χ2n) is 6.12. The van der Waals surface area contributed by atoms with Gasteiger partial charge in [0.15, 0.2) is 0 Å². The summed E-state index contributed by atoms with van der Waals surface area (Å²) in [5.41, 5.74) is 12.0. The third kappa shape index (κ3) is 4.06. The van der Waals surface area contributed by atoms with E-state index in [2.05, 4.69) is 15.0 Å². The molecule has 0 bridgehead atoms. The number of aryl methyl sites for hydroxylation is 1. The predicted octanol–water partition coefficient (Wildman–Crippen LogP) is 3.11. The third-order valence-electron chi connectivity index (χ3n) is 4.26. The van der Waals surface area contributed by atoms with Crippen LogP contribution in [0.5, 0.6) is 0 Å². The van der Waals surface area contributed by atoms with Crippen molar-refractivity contribution in [1.82, 2.24) is 19.5 Å². The summed E-state index contributed by atoms with van der Waals surface area (Å²) in [5.74, 6) is 0.973. The average Bonchev–Trinajstić information content (AvgIpc) is 2.74. The molecule has 0 amide bonds. The van der Waals surface area contributed by atoms with Gasteiger partial charge in [-0.1, -0.05) is 42.8 Å². The maximum Gasteiger partial charge on any atom is 0.267 e. The van der Waals surface area contributed by atoms with Gasteiger partial charge in [0.1, 0.15) is 35.4 Å². The number of halogens is 1. The summed E-state index contributed by atoms with van der Waals surface area (Å²) in [4.78, 5) is 24.5. The van der Waals surface area contributed by atoms with Gasteiger partial charge in [0.05, 0.1) is 21.6 Å². The highest BCUT2D eigenvalue weighted by atomic mass is 35.5. The smallest absolute Gasteiger partial charge is 0.267 e. The standard InChI is InChI=1S/C16H13ClN2O.C5H5N5/c1-2-14-18-13-10-6-9-12(17)15(13)16(20)19(14)11-7-4-3-5-8-11;6-1-3-4(7)9-2-10-5(3)8/h3-10H,2H2,1H3;2H,(H4,7,8,9,10). The number of aromatic nitrogens is 4. The molecule has 2 aromatic carbocycles. The van der Waals surface area contributed by atoms with Crippen molar-refractivity contribution in [3.8, 4) is 11.8 Å². The minimum atomic E-state index is -0.122. The van der Waals surface area contributed by atoms with Crippen molar-refractivity contribution in [2.75, 3.05) is 11.5 Å². The largest absolute Gasteiger partial charge is 0.382 e. The lowest BCUT2D eigenvalue weighted by molar-refractivity contribution is 0.833. The Morgan fingerprint density at radius 2 is 1.73 bits per heavy atom. The summed E-state index contributed by atoms with van der Waals surface area (Å²) in [6, 6.07) is 16.6. The first-order valence-electron chi connectivity index (χ1n) is 8.99. The highest BCUT2D eigenvalue weighted by molar-refractivity contribution is 6.35. The Hall–Kier alpha value is -3.96. The second-order valence-corrected chi connectivity index (χ2v) is 6.53. The van der Waals surface area contributed by atoms with E-state index in [1.807, 2.05) is 49.4 Å². The lowest BCUT2D eigenvalue weighted by Crippen LogP contribution is -2.23. The molecule has 150 valence electrons. The molecule has 0 saturated heterocycles. The highest BCUT2D eigenvalue weighted by Crippen LogP contribution is 2.20. The van der Waals surface area contributed by atoms with Crippen LogP contribution in [0.2, 0.25) is 5.02 Å². The topological polar surface area (TPSA) is 136 Å². The molecule has 0 aliphatic heterocycles. The first-order chi connectivity index (χ1) is 14.5. The average molecular weight is 420 g/mol. The Balaban J connectivity index is 0.000000216. The minimum Gasteiger partial charge on any atom is -0.382 e. The van der Waals surface area contributed by atoms with Crippen LogP contribution in [0.3, 0.4) is 0 Å². The molecule has 9 heteroatoms. The van der Waals surface area contributed by atoms with Crippen LogP contribution in [0.1, 0.15) is 18.3 Å². The maximum atomic E-state index is 12.8. The Morgan fingerprint density at radius 3 is 2.30 bits per heavy atom. The van der Waals surface area contributed by atoms with Gasteiger partial charge in [-0.15, -0.1) is 0 Å². The van der Waals surface area contributed by atoms with Gasteiger partial charge in [-0.3, -0.25) is 9.36 Å². The lowest BCUT2D eigenvalue weighted by Gasteiger charge is -2.12. The van der Waals surface area contributed by atoms with Gasteiger partial charge in [-0.05, 0) is 24.3 Å². The van der Waals surface area contributed by atoms with Gasteiger partial charge in [-0.25, -0.2) is 15.0 Å². The molecular weight excluding hydrogens is 402 g/mol. The van der Waals surface area contributed by atoms with Crippen LogP contribution in [0, 0.1) is 11.3 Å². The molecular formula is C21H18ClN7O. The third-order valence-corrected chi connectivity index (χ3v) is 4.58. The van der Waals surface area contributed by atoms with E-state index in [1.54, 1.807) is 16.7 Å². The Kier molecular flexibility index (Phi) is 6.25. The monoisotopic (exact) mass is 419 g/mol. The fourth-order valence-electron chi connectivity index (χ4n) is 2.84. The van der Waals surface area contributed by atoms with Crippen LogP contribution >= 0.6 is 11.6 Å². The molecule has 4 aromatic rings. The van der Waals surface area contributed by atoms with Crippen molar-refractivity contribution in [3.05, 3.63) is 81.6 Å². The van der Waals surface area contributed by atoms with Gasteiger partial charge >= 0.3 is 0 Å². The van der Waals surface area contributed by atoms with Gasteiger partial charge in [0.2, 0.25) is 0 Å².